The predicted octanol–water partition coefficient (Wildman–Crippen LogP) is 5.11. The first kappa shape index (κ1) is 21.6. The van der Waals surface area contributed by atoms with Crippen molar-refractivity contribution in [3.8, 4) is 0 Å². The van der Waals surface area contributed by atoms with Gasteiger partial charge in [0.05, 0.1) is 0 Å². The first-order valence-corrected chi connectivity index (χ1v) is 10.4. The Kier molecular flexibility index (Phi) is 6.01. The molecule has 3 rings (SSSR count). The van der Waals surface area contributed by atoms with Gasteiger partial charge in [0, 0.05) is 35.7 Å². The van der Waals surface area contributed by atoms with Crippen molar-refractivity contribution in [1.29, 1.82) is 0 Å². The van der Waals surface area contributed by atoms with E-state index in [1.807, 2.05) is 60.1 Å². The lowest BCUT2D eigenvalue weighted by Gasteiger charge is -2.19. The number of carbonyl (C=O) groups excluding carboxylic acids is 2. The van der Waals surface area contributed by atoms with Crippen molar-refractivity contribution < 1.29 is 9.59 Å². The fraction of sp³-hybridized carbons (Fsp3) is 0.360. The van der Waals surface area contributed by atoms with Crippen LogP contribution in [0.2, 0.25) is 0 Å². The fourth-order valence-electron chi connectivity index (χ4n) is 3.36. The maximum Gasteiger partial charge on any atom is 0.267 e. The summed E-state index contributed by atoms with van der Waals surface area (Å²) in [5.74, 6) is 0.149. The lowest BCUT2D eigenvalue weighted by atomic mass is 9.87. The van der Waals surface area contributed by atoms with E-state index in [4.69, 9.17) is 0 Å². The zero-order chi connectivity index (χ0) is 22.1. The van der Waals surface area contributed by atoms with Crippen LogP contribution >= 0.6 is 0 Å². The van der Waals surface area contributed by atoms with E-state index in [9.17, 15) is 9.59 Å². The Hall–Kier alpha value is -3.08. The summed E-state index contributed by atoms with van der Waals surface area (Å²) in [4.78, 5) is 25.1. The standard InChI is InChI=1S/C25H31N3O2/c1-16(2)15-26-24(30)22-14-18-13-20(11-12-21(18)28(22)6)27-23(29)17-7-9-19(10-8-17)25(3,4)5/h7-14,16H,15H2,1-6H3,(H,26,30)(H,27,29). The molecule has 0 aliphatic heterocycles. The first-order valence-electron chi connectivity index (χ1n) is 10.4. The van der Waals surface area contributed by atoms with Gasteiger partial charge in [-0.05, 0) is 53.3 Å². The number of amides is 2. The minimum absolute atomic E-state index is 0.0481. The quantitative estimate of drug-likeness (QED) is 0.619. The van der Waals surface area contributed by atoms with Gasteiger partial charge in [0.15, 0.2) is 0 Å². The van der Waals surface area contributed by atoms with Gasteiger partial charge in [-0.2, -0.15) is 0 Å². The molecule has 0 unspecified atom stereocenters. The van der Waals surface area contributed by atoms with E-state index < -0.39 is 0 Å². The van der Waals surface area contributed by atoms with Gasteiger partial charge in [-0.3, -0.25) is 9.59 Å². The molecule has 5 nitrogen and oxygen atoms in total. The second-order valence-corrected chi connectivity index (χ2v) is 9.25. The summed E-state index contributed by atoms with van der Waals surface area (Å²) in [5, 5.41) is 6.82. The molecule has 3 aromatic rings. The fourth-order valence-corrected chi connectivity index (χ4v) is 3.36. The highest BCUT2D eigenvalue weighted by Gasteiger charge is 2.16. The first-order chi connectivity index (χ1) is 14.1. The summed E-state index contributed by atoms with van der Waals surface area (Å²) >= 11 is 0. The molecule has 1 aromatic heterocycles. The number of carbonyl (C=O) groups is 2. The van der Waals surface area contributed by atoms with E-state index in [2.05, 4.69) is 45.3 Å². The van der Waals surface area contributed by atoms with Crippen LogP contribution < -0.4 is 10.6 Å². The predicted molar refractivity (Wildman–Crippen MR) is 123 cm³/mol. The monoisotopic (exact) mass is 405 g/mol. The van der Waals surface area contributed by atoms with Crippen LogP contribution in [0.4, 0.5) is 5.69 Å². The van der Waals surface area contributed by atoms with Crippen LogP contribution in [0.3, 0.4) is 0 Å². The van der Waals surface area contributed by atoms with Crippen LogP contribution in [0.15, 0.2) is 48.5 Å². The van der Waals surface area contributed by atoms with E-state index in [0.29, 0.717) is 29.4 Å². The van der Waals surface area contributed by atoms with Gasteiger partial charge in [0.2, 0.25) is 0 Å². The van der Waals surface area contributed by atoms with Crippen LogP contribution in [0.5, 0.6) is 0 Å². The Bertz CT molecular complexity index is 1070. The van der Waals surface area contributed by atoms with Crippen molar-refractivity contribution in [1.82, 2.24) is 9.88 Å². The largest absolute Gasteiger partial charge is 0.351 e. The van der Waals surface area contributed by atoms with Gasteiger partial charge < -0.3 is 15.2 Å². The summed E-state index contributed by atoms with van der Waals surface area (Å²) in [6, 6.07) is 15.2. The molecule has 0 spiro atoms. The number of fused-ring (bicyclic) bond motifs is 1. The summed E-state index contributed by atoms with van der Waals surface area (Å²) in [6.45, 7) is 11.2. The molecule has 5 heteroatoms. The van der Waals surface area contributed by atoms with E-state index in [0.717, 1.165) is 10.9 Å². The number of hydrogen-bond donors (Lipinski definition) is 2. The Morgan fingerprint density at radius 1 is 0.967 bits per heavy atom. The van der Waals surface area contributed by atoms with Crippen molar-refractivity contribution in [3.63, 3.8) is 0 Å². The van der Waals surface area contributed by atoms with E-state index in [1.165, 1.54) is 5.56 Å². The second kappa shape index (κ2) is 8.34. The van der Waals surface area contributed by atoms with Gasteiger partial charge in [-0.1, -0.05) is 46.8 Å². The van der Waals surface area contributed by atoms with Gasteiger partial charge in [-0.25, -0.2) is 0 Å². The van der Waals surface area contributed by atoms with E-state index in [-0.39, 0.29) is 17.2 Å². The number of anilines is 1. The van der Waals surface area contributed by atoms with Crippen LogP contribution in [-0.2, 0) is 12.5 Å². The molecule has 2 N–H and O–H groups in total. The van der Waals surface area contributed by atoms with E-state index >= 15 is 0 Å². The molecule has 0 saturated carbocycles. The minimum atomic E-state index is -0.152. The Balaban J connectivity index is 1.78. The van der Waals surface area contributed by atoms with Crippen molar-refractivity contribution >= 4 is 28.4 Å². The van der Waals surface area contributed by atoms with Gasteiger partial charge >= 0.3 is 0 Å². The zero-order valence-corrected chi connectivity index (χ0v) is 18.7. The van der Waals surface area contributed by atoms with E-state index in [1.54, 1.807) is 0 Å². The lowest BCUT2D eigenvalue weighted by Crippen LogP contribution is -2.28. The van der Waals surface area contributed by atoms with Crippen molar-refractivity contribution in [3.05, 3.63) is 65.4 Å². The maximum atomic E-state index is 12.7. The highest BCUT2D eigenvalue weighted by molar-refractivity contribution is 6.06. The lowest BCUT2D eigenvalue weighted by molar-refractivity contribution is 0.0940. The average Bonchev–Trinajstić information content (AvgIpc) is 3.01. The Morgan fingerprint density at radius 2 is 1.63 bits per heavy atom. The summed E-state index contributed by atoms with van der Waals surface area (Å²) in [6.07, 6.45) is 0. The number of benzene rings is 2. The summed E-state index contributed by atoms with van der Waals surface area (Å²) in [7, 11) is 1.88. The molecular formula is C25H31N3O2. The molecule has 0 aliphatic carbocycles. The second-order valence-electron chi connectivity index (χ2n) is 9.25. The Labute approximate surface area is 178 Å². The van der Waals surface area contributed by atoms with Gasteiger partial charge in [-0.15, -0.1) is 0 Å². The molecule has 1 heterocycles. The van der Waals surface area contributed by atoms with Crippen LogP contribution in [0, 0.1) is 5.92 Å². The molecule has 0 bridgehead atoms. The van der Waals surface area contributed by atoms with Crippen LogP contribution in [0.1, 0.15) is 61.0 Å². The smallest absolute Gasteiger partial charge is 0.267 e. The molecule has 2 amide bonds. The van der Waals surface area contributed by atoms with Gasteiger partial charge in [0.25, 0.3) is 11.8 Å². The molecule has 0 fully saturated rings. The number of aromatic nitrogens is 1. The molecule has 2 aromatic carbocycles. The molecule has 158 valence electrons. The highest BCUT2D eigenvalue weighted by Crippen LogP contribution is 2.24. The number of hydrogen-bond acceptors (Lipinski definition) is 2. The third-order valence-corrected chi connectivity index (χ3v) is 5.22. The SMILES string of the molecule is CC(C)CNC(=O)c1cc2cc(NC(=O)c3ccc(C(C)(C)C)cc3)ccc2n1C. The third kappa shape index (κ3) is 4.73. The topological polar surface area (TPSA) is 63.1 Å². The third-order valence-electron chi connectivity index (χ3n) is 5.22. The molecule has 0 radical (unpaired) electrons. The number of nitrogens with zero attached hydrogens (tertiary/aromatic N) is 1. The minimum Gasteiger partial charge on any atom is -0.351 e. The van der Waals surface area contributed by atoms with Crippen LogP contribution in [-0.4, -0.2) is 22.9 Å². The normalized spacial score (nSPS) is 11.7. The van der Waals surface area contributed by atoms with Crippen LogP contribution in [0.25, 0.3) is 10.9 Å². The van der Waals surface area contributed by atoms with Crippen molar-refractivity contribution in [2.75, 3.05) is 11.9 Å². The number of aryl methyl sites for hydroxylation is 1. The summed E-state index contributed by atoms with van der Waals surface area (Å²) in [5.41, 5.74) is 4.10. The number of nitrogens with one attached hydrogen (secondary N) is 2. The highest BCUT2D eigenvalue weighted by atomic mass is 16.2. The van der Waals surface area contributed by atoms with Gasteiger partial charge in [0.1, 0.15) is 5.69 Å². The molecular weight excluding hydrogens is 374 g/mol. The zero-order valence-electron chi connectivity index (χ0n) is 18.7. The molecule has 0 saturated heterocycles. The maximum absolute atomic E-state index is 12.7. The molecule has 0 aliphatic rings. The van der Waals surface area contributed by atoms with Crippen molar-refractivity contribution in [2.45, 2.75) is 40.0 Å². The molecule has 30 heavy (non-hydrogen) atoms. The van der Waals surface area contributed by atoms with Crippen molar-refractivity contribution in [2.24, 2.45) is 13.0 Å². The number of rotatable bonds is 5. The Morgan fingerprint density at radius 3 is 2.23 bits per heavy atom. The average molecular weight is 406 g/mol. The summed E-state index contributed by atoms with van der Waals surface area (Å²) < 4.78 is 1.88. The molecule has 0 atom stereocenters.